The number of nitrogens with zero attached hydrogens (tertiary/aromatic N) is 1. The second kappa shape index (κ2) is 4.83. The summed E-state index contributed by atoms with van der Waals surface area (Å²) in [6.45, 7) is 7.25. The van der Waals surface area contributed by atoms with Crippen LogP contribution in [0.15, 0.2) is 18.2 Å². The molecule has 94 valence electrons. The summed E-state index contributed by atoms with van der Waals surface area (Å²) in [5.41, 5.74) is 0.139. The Hall–Kier alpha value is -0.800. The number of halogens is 1. The van der Waals surface area contributed by atoms with Crippen LogP contribution in [0.2, 0.25) is 5.15 Å². The zero-order chi connectivity index (χ0) is 12.5. The minimum Gasteiger partial charge on any atom is -0.378 e. The molecule has 1 fully saturated rings. The second-order valence-electron chi connectivity index (χ2n) is 5.04. The van der Waals surface area contributed by atoms with Gasteiger partial charge in [0.1, 0.15) is 11.0 Å². The number of pyridine rings is 1. The highest BCUT2D eigenvalue weighted by Gasteiger charge is 2.48. The largest absolute Gasteiger partial charge is 0.378 e. The van der Waals surface area contributed by atoms with Gasteiger partial charge in [0, 0.05) is 18.1 Å². The molecule has 0 amide bonds. The number of hydrogen-bond acceptors (Lipinski definition) is 3. The summed E-state index contributed by atoms with van der Waals surface area (Å²) in [4.78, 5) is 4.25. The van der Waals surface area contributed by atoms with Gasteiger partial charge in [0.2, 0.25) is 0 Å². The van der Waals surface area contributed by atoms with E-state index < -0.39 is 0 Å². The molecule has 1 saturated carbocycles. The van der Waals surface area contributed by atoms with Gasteiger partial charge in [0.15, 0.2) is 0 Å². The third kappa shape index (κ3) is 2.55. The molecule has 0 saturated heterocycles. The predicted octanol–water partition coefficient (Wildman–Crippen LogP) is 3.35. The van der Waals surface area contributed by atoms with E-state index in [4.69, 9.17) is 16.3 Å². The molecule has 0 spiro atoms. The third-order valence-corrected chi connectivity index (χ3v) is 3.79. The molecule has 4 heteroatoms. The highest BCUT2D eigenvalue weighted by molar-refractivity contribution is 6.29. The summed E-state index contributed by atoms with van der Waals surface area (Å²) < 4.78 is 5.70. The quantitative estimate of drug-likeness (QED) is 0.837. The molecule has 2 unspecified atom stereocenters. The number of aromatic nitrogens is 1. The Morgan fingerprint density at radius 3 is 2.88 bits per heavy atom. The summed E-state index contributed by atoms with van der Waals surface area (Å²) in [7, 11) is 0. The molecule has 2 rings (SSSR count). The van der Waals surface area contributed by atoms with Crippen molar-refractivity contribution in [3.8, 4) is 0 Å². The van der Waals surface area contributed by atoms with Crippen molar-refractivity contribution in [1.29, 1.82) is 0 Å². The topological polar surface area (TPSA) is 34.1 Å². The van der Waals surface area contributed by atoms with Gasteiger partial charge in [0.25, 0.3) is 0 Å². The van der Waals surface area contributed by atoms with Crippen LogP contribution in [-0.4, -0.2) is 23.7 Å². The molecule has 1 aromatic heterocycles. The van der Waals surface area contributed by atoms with Crippen molar-refractivity contribution in [3.05, 3.63) is 23.4 Å². The number of nitrogens with one attached hydrogen (secondary N) is 1. The van der Waals surface area contributed by atoms with Crippen molar-refractivity contribution in [2.45, 2.75) is 39.3 Å². The van der Waals surface area contributed by atoms with Crippen molar-refractivity contribution in [1.82, 2.24) is 4.98 Å². The molecule has 1 aliphatic carbocycles. The maximum atomic E-state index is 5.86. The number of anilines is 1. The predicted molar refractivity (Wildman–Crippen MR) is 70.5 cm³/mol. The van der Waals surface area contributed by atoms with E-state index in [0.29, 0.717) is 17.3 Å². The molecule has 2 atom stereocenters. The molecule has 0 radical (unpaired) electrons. The Morgan fingerprint density at radius 1 is 1.53 bits per heavy atom. The monoisotopic (exact) mass is 254 g/mol. The van der Waals surface area contributed by atoms with E-state index in [2.05, 4.69) is 24.1 Å². The Bertz CT molecular complexity index is 395. The summed E-state index contributed by atoms with van der Waals surface area (Å²) >= 11 is 5.86. The summed E-state index contributed by atoms with van der Waals surface area (Å²) in [5.74, 6) is 0.838. The molecule has 1 heterocycles. The molecule has 1 N–H and O–H groups in total. The number of rotatable bonds is 4. The molecule has 1 aromatic rings. The average molecular weight is 255 g/mol. The first-order valence-electron chi connectivity index (χ1n) is 6.04. The third-order valence-electron chi connectivity index (χ3n) is 3.58. The first-order valence-corrected chi connectivity index (χ1v) is 6.42. The maximum absolute atomic E-state index is 5.86. The summed E-state index contributed by atoms with van der Waals surface area (Å²) in [6.07, 6.45) is 1.36. The minimum atomic E-state index is 0.139. The van der Waals surface area contributed by atoms with E-state index in [0.717, 1.165) is 18.8 Å². The summed E-state index contributed by atoms with van der Waals surface area (Å²) in [5, 5.41) is 3.94. The van der Waals surface area contributed by atoms with E-state index in [9.17, 15) is 0 Å². The second-order valence-corrected chi connectivity index (χ2v) is 5.43. The van der Waals surface area contributed by atoms with Gasteiger partial charge in [-0.1, -0.05) is 31.5 Å². The van der Waals surface area contributed by atoms with Crippen molar-refractivity contribution in [2.75, 3.05) is 11.9 Å². The van der Waals surface area contributed by atoms with E-state index in [1.54, 1.807) is 6.07 Å². The van der Waals surface area contributed by atoms with Gasteiger partial charge in [0.05, 0.1) is 6.10 Å². The van der Waals surface area contributed by atoms with Gasteiger partial charge >= 0.3 is 0 Å². The highest BCUT2D eigenvalue weighted by Crippen LogP contribution is 2.44. The molecule has 0 aliphatic heterocycles. The van der Waals surface area contributed by atoms with Gasteiger partial charge in [-0.25, -0.2) is 4.98 Å². The smallest absolute Gasteiger partial charge is 0.131 e. The van der Waals surface area contributed by atoms with E-state index >= 15 is 0 Å². The standard InChI is InChI=1S/C13H19ClN2O/c1-4-17-10-8-9(13(10,2)3)15-12-7-5-6-11(14)16-12/h5-7,9-10H,4,8H2,1-3H3,(H,15,16). The SMILES string of the molecule is CCOC1CC(Nc2cccc(Cl)n2)C1(C)C. The van der Waals surface area contributed by atoms with Gasteiger partial charge in [-0.3, -0.25) is 0 Å². The van der Waals surface area contributed by atoms with Gasteiger partial charge in [-0.15, -0.1) is 0 Å². The lowest BCUT2D eigenvalue weighted by atomic mass is 9.64. The summed E-state index contributed by atoms with van der Waals surface area (Å²) in [6, 6.07) is 6.02. The molecular formula is C13H19ClN2O. The van der Waals surface area contributed by atoms with Gasteiger partial charge < -0.3 is 10.1 Å². The lowest BCUT2D eigenvalue weighted by Crippen LogP contribution is -2.58. The van der Waals surface area contributed by atoms with Crippen LogP contribution >= 0.6 is 11.6 Å². The van der Waals surface area contributed by atoms with Gasteiger partial charge in [-0.05, 0) is 25.5 Å². The van der Waals surface area contributed by atoms with Crippen molar-refractivity contribution >= 4 is 17.4 Å². The molecule has 0 bridgehead atoms. The van der Waals surface area contributed by atoms with Crippen molar-refractivity contribution in [2.24, 2.45) is 5.41 Å². The Kier molecular flexibility index (Phi) is 3.59. The van der Waals surface area contributed by atoms with Crippen LogP contribution in [0.25, 0.3) is 0 Å². The number of ether oxygens (including phenoxy) is 1. The van der Waals surface area contributed by atoms with Crippen molar-refractivity contribution in [3.63, 3.8) is 0 Å². The van der Waals surface area contributed by atoms with Gasteiger partial charge in [-0.2, -0.15) is 0 Å². The Balaban J connectivity index is 1.98. The van der Waals surface area contributed by atoms with Crippen LogP contribution < -0.4 is 5.32 Å². The van der Waals surface area contributed by atoms with Crippen LogP contribution in [-0.2, 0) is 4.74 Å². The first kappa shape index (κ1) is 12.7. The fraction of sp³-hybridized carbons (Fsp3) is 0.615. The Labute approximate surface area is 108 Å². The van der Waals surface area contributed by atoms with E-state index in [1.807, 2.05) is 19.1 Å². The zero-order valence-corrected chi connectivity index (χ0v) is 11.3. The minimum absolute atomic E-state index is 0.139. The molecule has 17 heavy (non-hydrogen) atoms. The van der Waals surface area contributed by atoms with Crippen LogP contribution in [0.3, 0.4) is 0 Å². The lowest BCUT2D eigenvalue weighted by molar-refractivity contribution is -0.0976. The molecular weight excluding hydrogens is 236 g/mol. The highest BCUT2D eigenvalue weighted by atomic mass is 35.5. The fourth-order valence-electron chi connectivity index (χ4n) is 2.28. The van der Waals surface area contributed by atoms with E-state index in [1.165, 1.54) is 0 Å². The number of hydrogen-bond donors (Lipinski definition) is 1. The zero-order valence-electron chi connectivity index (χ0n) is 10.5. The van der Waals surface area contributed by atoms with Crippen LogP contribution in [0, 0.1) is 5.41 Å². The first-order chi connectivity index (χ1) is 8.04. The maximum Gasteiger partial charge on any atom is 0.131 e. The molecule has 3 nitrogen and oxygen atoms in total. The average Bonchev–Trinajstić information content (AvgIpc) is 2.28. The van der Waals surface area contributed by atoms with Crippen LogP contribution in [0.5, 0.6) is 0 Å². The van der Waals surface area contributed by atoms with Crippen LogP contribution in [0.4, 0.5) is 5.82 Å². The normalized spacial score (nSPS) is 26.4. The Morgan fingerprint density at radius 2 is 2.29 bits per heavy atom. The van der Waals surface area contributed by atoms with E-state index in [-0.39, 0.29) is 5.41 Å². The van der Waals surface area contributed by atoms with Crippen LogP contribution in [0.1, 0.15) is 27.2 Å². The molecule has 0 aromatic carbocycles. The lowest BCUT2D eigenvalue weighted by Gasteiger charge is -2.51. The molecule has 1 aliphatic rings. The fourth-order valence-corrected chi connectivity index (χ4v) is 2.45. The van der Waals surface area contributed by atoms with Crippen molar-refractivity contribution < 1.29 is 4.74 Å².